The van der Waals surface area contributed by atoms with Crippen molar-refractivity contribution in [3.05, 3.63) is 71.9 Å². The van der Waals surface area contributed by atoms with Crippen LogP contribution in [0.25, 0.3) is 22.3 Å². The van der Waals surface area contributed by atoms with Crippen molar-refractivity contribution in [1.82, 2.24) is 14.8 Å². The number of anilines is 2. The second-order valence-electron chi connectivity index (χ2n) is 11.0. The number of carbonyl (C=O) groups excluding carboxylic acids is 1. The third-order valence-corrected chi connectivity index (χ3v) is 8.43. The molecule has 1 amide bonds. The van der Waals surface area contributed by atoms with Crippen molar-refractivity contribution >= 4 is 29.5 Å². The van der Waals surface area contributed by atoms with Gasteiger partial charge in [0.2, 0.25) is 6.41 Å². The Balaban J connectivity index is 1.47. The minimum atomic E-state index is -0.477. The zero-order valence-corrected chi connectivity index (χ0v) is 23.9. The van der Waals surface area contributed by atoms with E-state index in [2.05, 4.69) is 21.8 Å². The summed E-state index contributed by atoms with van der Waals surface area (Å²) in [6.07, 6.45) is 10.4. The normalized spacial score (nSPS) is 19.5. The number of pyridine rings is 1. The van der Waals surface area contributed by atoms with Gasteiger partial charge in [-0.25, -0.2) is 9.37 Å². The quantitative estimate of drug-likeness (QED) is 0.357. The van der Waals surface area contributed by atoms with Gasteiger partial charge in [0.05, 0.1) is 10.7 Å². The summed E-state index contributed by atoms with van der Waals surface area (Å²) in [4.78, 5) is 24.2. The molecule has 40 heavy (non-hydrogen) atoms. The van der Waals surface area contributed by atoms with Gasteiger partial charge in [0.25, 0.3) is 0 Å². The lowest BCUT2D eigenvalue weighted by atomic mass is 9.86. The number of phenolic OH excluding ortho intramolecular Hbond substituents is 1. The van der Waals surface area contributed by atoms with Crippen molar-refractivity contribution in [2.45, 2.75) is 31.2 Å². The number of aromatic nitrogens is 1. The van der Waals surface area contributed by atoms with Crippen molar-refractivity contribution in [3.63, 3.8) is 0 Å². The number of hydrogen-bond acceptors (Lipinski definition) is 6. The highest BCUT2D eigenvalue weighted by Crippen LogP contribution is 2.42. The highest BCUT2D eigenvalue weighted by Gasteiger charge is 2.42. The monoisotopic (exact) mass is 563 g/mol. The molecule has 5 rings (SSSR count). The first kappa shape index (κ1) is 27.9. The number of aromatic hydroxyl groups is 1. The molecule has 1 N–H and O–H groups in total. The van der Waals surface area contributed by atoms with Crippen LogP contribution in [0.15, 0.2) is 61.1 Å². The Bertz CT molecular complexity index is 1430. The number of halogens is 2. The lowest BCUT2D eigenvalue weighted by Gasteiger charge is -2.45. The van der Waals surface area contributed by atoms with Gasteiger partial charge in [-0.05, 0) is 86.8 Å². The molecule has 0 bridgehead atoms. The number of phenols is 1. The minimum absolute atomic E-state index is 0.0484. The zero-order valence-electron chi connectivity index (χ0n) is 23.1. The number of carbonyl (C=O) groups is 1. The van der Waals surface area contributed by atoms with Crippen LogP contribution in [-0.4, -0.2) is 72.6 Å². The summed E-state index contributed by atoms with van der Waals surface area (Å²) in [7, 11) is 5.90. The van der Waals surface area contributed by atoms with Gasteiger partial charge in [0, 0.05) is 62.4 Å². The molecule has 2 aliphatic heterocycles. The van der Waals surface area contributed by atoms with Gasteiger partial charge in [-0.1, -0.05) is 17.7 Å². The Morgan fingerprint density at radius 1 is 1.02 bits per heavy atom. The number of amides is 1. The lowest BCUT2D eigenvalue weighted by Crippen LogP contribution is -2.54. The predicted octanol–water partition coefficient (Wildman–Crippen LogP) is 5.97. The maximum atomic E-state index is 15.0. The Hall–Kier alpha value is -3.62. The Morgan fingerprint density at radius 2 is 1.73 bits per heavy atom. The first-order chi connectivity index (χ1) is 19.2. The summed E-state index contributed by atoms with van der Waals surface area (Å²) in [6, 6.07) is 11.4. The first-order valence-corrected chi connectivity index (χ1v) is 13.9. The zero-order chi connectivity index (χ0) is 28.4. The average Bonchev–Trinajstić information content (AvgIpc) is 3.29. The first-order valence-electron chi connectivity index (χ1n) is 13.5. The predicted molar refractivity (Wildman–Crippen MR) is 159 cm³/mol. The van der Waals surface area contributed by atoms with E-state index in [1.807, 2.05) is 20.2 Å². The summed E-state index contributed by atoms with van der Waals surface area (Å²) in [5.41, 5.74) is 2.56. The number of nitrogens with zero attached hydrogens (tertiary/aromatic N) is 5. The van der Waals surface area contributed by atoms with E-state index < -0.39 is 5.82 Å². The van der Waals surface area contributed by atoms with E-state index in [9.17, 15) is 14.3 Å². The number of likely N-dealkylation sites (N-methyl/N-ethyl adjacent to an activating group) is 1. The molecule has 1 unspecified atom stereocenters. The molecule has 2 aliphatic rings. The average molecular weight is 564 g/mol. The van der Waals surface area contributed by atoms with Crippen LogP contribution in [0.3, 0.4) is 0 Å². The molecule has 3 heterocycles. The topological polar surface area (TPSA) is 63.2 Å². The van der Waals surface area contributed by atoms with Gasteiger partial charge in [0.1, 0.15) is 17.4 Å². The van der Waals surface area contributed by atoms with Gasteiger partial charge in [0.15, 0.2) is 0 Å². The van der Waals surface area contributed by atoms with Crippen molar-refractivity contribution < 1.29 is 14.3 Å². The standard InChI is InChI=1S/C31H35ClFN5O2/c1-35(2)14-15-38(21-39)28-7-6-22(16-27(28)32)25-18-24(33)19-26(30(25)40)23-8-11-34-29(17-23)37-13-5-10-31(20-37)9-4-12-36(31)3/h6-8,11,14-19,21,40H,4-5,9-10,12-13,20H2,1-3H3/b15-14-. The summed E-state index contributed by atoms with van der Waals surface area (Å²) in [5.74, 6) is 0.302. The van der Waals surface area contributed by atoms with Crippen LogP contribution in [0.1, 0.15) is 25.7 Å². The Labute approximate surface area is 240 Å². The van der Waals surface area contributed by atoms with Crippen LogP contribution in [0.5, 0.6) is 5.75 Å². The van der Waals surface area contributed by atoms with Gasteiger partial charge in [-0.3, -0.25) is 14.6 Å². The highest BCUT2D eigenvalue weighted by molar-refractivity contribution is 6.34. The molecular weight excluding hydrogens is 529 g/mol. The van der Waals surface area contributed by atoms with Crippen LogP contribution >= 0.6 is 11.6 Å². The number of likely N-dealkylation sites (tertiary alicyclic amines) is 1. The molecule has 2 aromatic carbocycles. The third-order valence-electron chi connectivity index (χ3n) is 8.13. The Morgan fingerprint density at radius 3 is 2.38 bits per heavy atom. The molecular formula is C31H35ClFN5O2. The molecule has 1 spiro atoms. The molecule has 3 aromatic rings. The van der Waals surface area contributed by atoms with Crippen LogP contribution in [0, 0.1) is 5.82 Å². The molecule has 2 saturated heterocycles. The van der Waals surface area contributed by atoms with E-state index in [1.54, 1.807) is 47.8 Å². The van der Waals surface area contributed by atoms with E-state index in [4.69, 9.17) is 11.6 Å². The van der Waals surface area contributed by atoms with Crippen molar-refractivity contribution in [2.75, 3.05) is 50.6 Å². The van der Waals surface area contributed by atoms with Crippen molar-refractivity contribution in [3.8, 4) is 28.0 Å². The molecule has 2 fully saturated rings. The van der Waals surface area contributed by atoms with Crippen LogP contribution in [0.2, 0.25) is 5.02 Å². The van der Waals surface area contributed by atoms with E-state index >= 15 is 0 Å². The molecule has 1 atom stereocenters. The van der Waals surface area contributed by atoms with Crippen LogP contribution < -0.4 is 9.80 Å². The fraction of sp³-hybridized carbons (Fsp3) is 0.355. The molecule has 210 valence electrons. The number of rotatable bonds is 7. The van der Waals surface area contributed by atoms with Crippen molar-refractivity contribution in [2.24, 2.45) is 0 Å². The molecule has 0 saturated carbocycles. The Kier molecular flexibility index (Phi) is 8.01. The van der Waals surface area contributed by atoms with Gasteiger partial charge in [-0.15, -0.1) is 0 Å². The number of benzene rings is 2. The maximum absolute atomic E-state index is 15.0. The summed E-state index contributed by atoms with van der Waals surface area (Å²) in [5, 5.41) is 11.6. The molecule has 0 radical (unpaired) electrons. The second kappa shape index (κ2) is 11.5. The van der Waals surface area contributed by atoms with Gasteiger partial charge >= 0.3 is 0 Å². The fourth-order valence-corrected chi connectivity index (χ4v) is 6.23. The van der Waals surface area contributed by atoms with Crippen LogP contribution in [0.4, 0.5) is 15.9 Å². The highest BCUT2D eigenvalue weighted by atomic mass is 35.5. The van der Waals surface area contributed by atoms with E-state index in [1.165, 1.54) is 36.3 Å². The lowest BCUT2D eigenvalue weighted by molar-refractivity contribution is -0.106. The van der Waals surface area contributed by atoms with Crippen LogP contribution in [-0.2, 0) is 4.79 Å². The summed E-state index contributed by atoms with van der Waals surface area (Å²) in [6.45, 7) is 2.94. The second-order valence-corrected chi connectivity index (χ2v) is 11.4. The van der Waals surface area contributed by atoms with E-state index in [0.29, 0.717) is 39.4 Å². The van der Waals surface area contributed by atoms with Gasteiger partial charge in [-0.2, -0.15) is 0 Å². The SMILES string of the molecule is CN(C)/C=C\N(C=O)c1ccc(-c2cc(F)cc(-c3ccnc(N4CCCC5(CCCN5C)C4)c3)c2O)cc1Cl. The number of piperidine rings is 1. The summed E-state index contributed by atoms with van der Waals surface area (Å²) >= 11 is 6.54. The molecule has 9 heteroatoms. The molecule has 0 aliphatic carbocycles. The van der Waals surface area contributed by atoms with Gasteiger partial charge < -0.3 is 14.9 Å². The maximum Gasteiger partial charge on any atom is 0.218 e. The molecule has 1 aromatic heterocycles. The van der Waals surface area contributed by atoms with Crippen molar-refractivity contribution in [1.29, 1.82) is 0 Å². The fourth-order valence-electron chi connectivity index (χ4n) is 5.96. The number of hydrogen-bond donors (Lipinski definition) is 1. The summed E-state index contributed by atoms with van der Waals surface area (Å²) < 4.78 is 15.0. The molecule has 7 nitrogen and oxygen atoms in total. The minimum Gasteiger partial charge on any atom is -0.507 e. The third kappa shape index (κ3) is 5.51. The van der Waals surface area contributed by atoms with E-state index in [-0.39, 0.29) is 11.3 Å². The largest absolute Gasteiger partial charge is 0.507 e. The van der Waals surface area contributed by atoms with E-state index in [0.717, 1.165) is 31.9 Å². The smallest absolute Gasteiger partial charge is 0.218 e.